The Bertz CT molecular complexity index is 509. The third kappa shape index (κ3) is 2.83. The zero-order valence-corrected chi connectivity index (χ0v) is 10.2. The lowest BCUT2D eigenvalue weighted by molar-refractivity contribution is -0.143. The van der Waals surface area contributed by atoms with Gasteiger partial charge in [0.05, 0.1) is 11.5 Å². The number of hydrogen-bond donors (Lipinski definition) is 2. The molecular formula is C13H14FNO4. The molecule has 0 atom stereocenters. The first-order chi connectivity index (χ1) is 8.99. The maximum Gasteiger partial charge on any atom is 0.306 e. The number of amides is 1. The van der Waals surface area contributed by atoms with E-state index in [0.29, 0.717) is 25.9 Å². The summed E-state index contributed by atoms with van der Waals surface area (Å²) in [6, 6.07) is 3.37. The van der Waals surface area contributed by atoms with E-state index in [1.807, 2.05) is 0 Å². The van der Waals surface area contributed by atoms with Crippen molar-refractivity contribution < 1.29 is 24.2 Å². The molecule has 1 fully saturated rings. The first-order valence-corrected chi connectivity index (χ1v) is 5.99. The summed E-state index contributed by atoms with van der Waals surface area (Å²) in [5.41, 5.74) is -0.105. The van der Waals surface area contributed by atoms with E-state index in [9.17, 15) is 14.0 Å². The number of aliphatic carboxylic acids is 1. The normalized spacial score (nSPS) is 16.4. The number of carbonyl (C=O) groups is 2. The van der Waals surface area contributed by atoms with Crippen LogP contribution in [0, 0.1) is 11.7 Å². The van der Waals surface area contributed by atoms with E-state index in [0.717, 1.165) is 6.07 Å². The summed E-state index contributed by atoms with van der Waals surface area (Å²) in [7, 11) is 0. The smallest absolute Gasteiger partial charge is 0.306 e. The Morgan fingerprint density at radius 2 is 1.89 bits per heavy atom. The van der Waals surface area contributed by atoms with Crippen LogP contribution >= 0.6 is 0 Å². The van der Waals surface area contributed by atoms with Crippen molar-refractivity contribution in [2.45, 2.75) is 12.8 Å². The van der Waals surface area contributed by atoms with Crippen LogP contribution < -0.4 is 0 Å². The molecule has 0 bridgehead atoms. The van der Waals surface area contributed by atoms with Gasteiger partial charge in [-0.15, -0.1) is 0 Å². The topological polar surface area (TPSA) is 77.8 Å². The number of hydrogen-bond acceptors (Lipinski definition) is 3. The fourth-order valence-corrected chi connectivity index (χ4v) is 2.18. The molecule has 1 amide bonds. The van der Waals surface area contributed by atoms with Crippen LogP contribution in [0.5, 0.6) is 5.75 Å². The molecule has 5 nitrogen and oxygen atoms in total. The van der Waals surface area contributed by atoms with Gasteiger partial charge in [-0.25, -0.2) is 4.39 Å². The average molecular weight is 267 g/mol. The highest BCUT2D eigenvalue weighted by Crippen LogP contribution is 2.21. The van der Waals surface area contributed by atoms with Gasteiger partial charge in [0.1, 0.15) is 11.6 Å². The van der Waals surface area contributed by atoms with Gasteiger partial charge in [-0.3, -0.25) is 9.59 Å². The maximum absolute atomic E-state index is 13.6. The van der Waals surface area contributed by atoms with E-state index in [1.54, 1.807) is 0 Å². The first kappa shape index (κ1) is 13.3. The molecule has 0 radical (unpaired) electrons. The van der Waals surface area contributed by atoms with Crippen LogP contribution in [-0.2, 0) is 4.79 Å². The quantitative estimate of drug-likeness (QED) is 0.850. The fraction of sp³-hybridized carbons (Fsp3) is 0.385. The molecule has 1 aromatic carbocycles. The summed E-state index contributed by atoms with van der Waals surface area (Å²) in [6.45, 7) is 0.603. The number of aromatic hydroxyl groups is 1. The molecule has 0 aromatic heterocycles. The third-order valence-corrected chi connectivity index (χ3v) is 3.31. The van der Waals surface area contributed by atoms with Gasteiger partial charge in [0, 0.05) is 19.2 Å². The van der Waals surface area contributed by atoms with E-state index >= 15 is 0 Å². The summed E-state index contributed by atoms with van der Waals surface area (Å²) < 4.78 is 13.6. The molecule has 2 rings (SSSR count). The van der Waals surface area contributed by atoms with Crippen LogP contribution in [-0.4, -0.2) is 40.1 Å². The Morgan fingerprint density at radius 1 is 1.26 bits per heavy atom. The maximum atomic E-state index is 13.6. The summed E-state index contributed by atoms with van der Waals surface area (Å²) in [6.07, 6.45) is 0.752. The number of carbonyl (C=O) groups excluding carboxylic acids is 1. The summed E-state index contributed by atoms with van der Waals surface area (Å²) in [5.74, 6) is -2.78. The molecule has 102 valence electrons. The lowest BCUT2D eigenvalue weighted by Gasteiger charge is -2.30. The van der Waals surface area contributed by atoms with Crippen molar-refractivity contribution in [1.29, 1.82) is 0 Å². The van der Waals surface area contributed by atoms with Crippen molar-refractivity contribution in [3.8, 4) is 5.75 Å². The Hall–Kier alpha value is -2.11. The van der Waals surface area contributed by atoms with Gasteiger partial charge in [-0.2, -0.15) is 0 Å². The summed E-state index contributed by atoms with van der Waals surface area (Å²) >= 11 is 0. The van der Waals surface area contributed by atoms with Gasteiger partial charge < -0.3 is 15.1 Å². The SMILES string of the molecule is O=C(O)C1CCN(C(=O)c2ccc(O)cc2F)CC1. The lowest BCUT2D eigenvalue weighted by atomic mass is 9.96. The van der Waals surface area contributed by atoms with Gasteiger partial charge >= 0.3 is 5.97 Å². The zero-order valence-electron chi connectivity index (χ0n) is 10.2. The van der Waals surface area contributed by atoms with Gasteiger partial charge in [0.15, 0.2) is 0 Å². The molecule has 1 aromatic rings. The van der Waals surface area contributed by atoms with Gasteiger partial charge in [0.25, 0.3) is 5.91 Å². The second-order valence-corrected chi connectivity index (χ2v) is 4.57. The molecule has 1 aliphatic heterocycles. The highest BCUT2D eigenvalue weighted by Gasteiger charge is 2.28. The fourth-order valence-electron chi connectivity index (χ4n) is 2.18. The van der Waals surface area contributed by atoms with Gasteiger partial charge in [-0.1, -0.05) is 0 Å². The highest BCUT2D eigenvalue weighted by molar-refractivity contribution is 5.94. The number of phenols is 1. The number of carboxylic acid groups (broad SMARTS) is 1. The number of piperidine rings is 1. The lowest BCUT2D eigenvalue weighted by Crippen LogP contribution is -2.40. The standard InChI is InChI=1S/C13H14FNO4/c14-11-7-9(16)1-2-10(11)12(17)15-5-3-8(4-6-15)13(18)19/h1-2,7-8,16H,3-6H2,(H,18,19). The number of likely N-dealkylation sites (tertiary alicyclic amines) is 1. The Kier molecular flexibility index (Phi) is 3.69. The van der Waals surface area contributed by atoms with E-state index in [2.05, 4.69) is 0 Å². The van der Waals surface area contributed by atoms with Crippen LogP contribution in [0.1, 0.15) is 23.2 Å². The van der Waals surface area contributed by atoms with Crippen molar-refractivity contribution >= 4 is 11.9 Å². The van der Waals surface area contributed by atoms with Crippen molar-refractivity contribution in [1.82, 2.24) is 4.90 Å². The minimum absolute atomic E-state index is 0.105. The van der Waals surface area contributed by atoms with E-state index in [-0.39, 0.29) is 11.3 Å². The van der Waals surface area contributed by atoms with E-state index < -0.39 is 23.6 Å². The molecule has 0 saturated carbocycles. The number of nitrogens with zero attached hydrogens (tertiary/aromatic N) is 1. The Morgan fingerprint density at radius 3 is 2.42 bits per heavy atom. The predicted molar refractivity (Wildman–Crippen MR) is 64.3 cm³/mol. The highest BCUT2D eigenvalue weighted by atomic mass is 19.1. The van der Waals surface area contributed by atoms with Crippen molar-refractivity contribution in [3.05, 3.63) is 29.6 Å². The predicted octanol–water partition coefficient (Wildman–Crippen LogP) is 1.47. The zero-order chi connectivity index (χ0) is 14.0. The van der Waals surface area contributed by atoms with Gasteiger partial charge in [0.2, 0.25) is 0 Å². The third-order valence-electron chi connectivity index (χ3n) is 3.31. The molecule has 0 spiro atoms. The van der Waals surface area contributed by atoms with E-state index in [1.165, 1.54) is 17.0 Å². The van der Waals surface area contributed by atoms with Crippen LogP contribution in [0.4, 0.5) is 4.39 Å². The van der Waals surface area contributed by atoms with Crippen LogP contribution in [0.25, 0.3) is 0 Å². The molecule has 1 aliphatic rings. The molecule has 1 heterocycles. The number of benzene rings is 1. The average Bonchev–Trinajstić information content (AvgIpc) is 2.38. The minimum Gasteiger partial charge on any atom is -0.508 e. The number of rotatable bonds is 2. The van der Waals surface area contributed by atoms with Crippen molar-refractivity contribution in [2.75, 3.05) is 13.1 Å². The minimum atomic E-state index is -0.858. The van der Waals surface area contributed by atoms with Crippen LogP contribution in [0.15, 0.2) is 18.2 Å². The second kappa shape index (κ2) is 5.26. The monoisotopic (exact) mass is 267 g/mol. The number of halogens is 1. The first-order valence-electron chi connectivity index (χ1n) is 5.99. The van der Waals surface area contributed by atoms with Crippen LogP contribution in [0.3, 0.4) is 0 Å². The van der Waals surface area contributed by atoms with E-state index in [4.69, 9.17) is 10.2 Å². The number of phenolic OH excluding ortho intramolecular Hbond substituents is 1. The van der Waals surface area contributed by atoms with Gasteiger partial charge in [-0.05, 0) is 25.0 Å². The van der Waals surface area contributed by atoms with Crippen LogP contribution in [0.2, 0.25) is 0 Å². The molecule has 19 heavy (non-hydrogen) atoms. The summed E-state index contributed by atoms with van der Waals surface area (Å²) in [5, 5.41) is 18.0. The summed E-state index contributed by atoms with van der Waals surface area (Å²) in [4.78, 5) is 24.3. The molecule has 0 aliphatic carbocycles. The molecule has 2 N–H and O–H groups in total. The number of carboxylic acids is 1. The Labute approximate surface area is 109 Å². The molecule has 0 unspecified atom stereocenters. The molecule has 6 heteroatoms. The Balaban J connectivity index is 2.07. The molecular weight excluding hydrogens is 253 g/mol. The van der Waals surface area contributed by atoms with Crippen molar-refractivity contribution in [3.63, 3.8) is 0 Å². The second-order valence-electron chi connectivity index (χ2n) is 4.57. The van der Waals surface area contributed by atoms with Crippen molar-refractivity contribution in [2.24, 2.45) is 5.92 Å². The largest absolute Gasteiger partial charge is 0.508 e. The molecule has 1 saturated heterocycles.